The van der Waals surface area contributed by atoms with E-state index in [2.05, 4.69) is 126 Å². The van der Waals surface area contributed by atoms with Crippen LogP contribution in [0, 0.1) is 0 Å². The van der Waals surface area contributed by atoms with E-state index in [-0.39, 0.29) is 0 Å². The third-order valence-corrected chi connectivity index (χ3v) is 6.87. The van der Waals surface area contributed by atoms with Crippen LogP contribution in [0.2, 0.25) is 0 Å². The molecule has 0 fully saturated rings. The number of aryl methyl sites for hydroxylation is 1. The van der Waals surface area contributed by atoms with Gasteiger partial charge in [-0.3, -0.25) is 0 Å². The van der Waals surface area contributed by atoms with E-state index in [0.29, 0.717) is 0 Å². The number of benzene rings is 4. The zero-order chi connectivity index (χ0) is 22.4. The Morgan fingerprint density at radius 1 is 0.697 bits per heavy atom. The number of rotatable bonds is 3. The van der Waals surface area contributed by atoms with Crippen LogP contribution < -0.4 is 9.47 Å². The van der Waals surface area contributed by atoms with Gasteiger partial charge < -0.3 is 4.90 Å². The molecule has 0 radical (unpaired) electrons. The maximum atomic E-state index is 2.42. The summed E-state index contributed by atoms with van der Waals surface area (Å²) < 4.78 is 2.42. The Bertz CT molecular complexity index is 1590. The van der Waals surface area contributed by atoms with E-state index in [9.17, 15) is 0 Å². The summed E-state index contributed by atoms with van der Waals surface area (Å²) in [6.07, 6.45) is 6.87. The van der Waals surface area contributed by atoms with Crippen LogP contribution in [0.25, 0.3) is 44.6 Å². The number of aromatic nitrogens is 1. The summed E-state index contributed by atoms with van der Waals surface area (Å²) >= 11 is 0. The highest BCUT2D eigenvalue weighted by Gasteiger charge is 2.21. The number of pyridine rings is 1. The van der Waals surface area contributed by atoms with Gasteiger partial charge in [0.1, 0.15) is 6.54 Å². The number of allylic oxidation sites excluding steroid dienone is 1. The molecule has 4 aromatic carbocycles. The zero-order valence-electron chi connectivity index (χ0n) is 19.1. The van der Waals surface area contributed by atoms with Crippen molar-refractivity contribution in [1.29, 1.82) is 0 Å². The maximum Gasteiger partial charge on any atom is 0.213 e. The van der Waals surface area contributed by atoms with E-state index in [0.717, 1.165) is 13.1 Å². The van der Waals surface area contributed by atoms with Crippen molar-refractivity contribution in [2.45, 2.75) is 20.4 Å². The van der Waals surface area contributed by atoms with Gasteiger partial charge in [-0.05, 0) is 59.7 Å². The fraction of sp³-hybridized carbons (Fsp3) is 0.129. The molecule has 2 nitrogen and oxygen atoms in total. The molecule has 0 bridgehead atoms. The quantitative estimate of drug-likeness (QED) is 0.216. The number of hydrogen-bond acceptors (Lipinski definition) is 1. The van der Waals surface area contributed by atoms with Crippen molar-refractivity contribution in [3.8, 4) is 0 Å². The molecule has 33 heavy (non-hydrogen) atoms. The fourth-order valence-electron chi connectivity index (χ4n) is 5.29. The van der Waals surface area contributed by atoms with Crippen LogP contribution >= 0.6 is 0 Å². The SMILES string of the molecule is CCN1/C(=C\c2ccc3c4ccccc4ccc3[n+]2CC)C=Cc2c1ccc1ccccc21. The lowest BCUT2D eigenvalue weighted by Gasteiger charge is -2.30. The molecule has 6 rings (SSSR count). The van der Waals surface area contributed by atoms with Crippen LogP contribution in [-0.2, 0) is 6.54 Å². The van der Waals surface area contributed by atoms with E-state index < -0.39 is 0 Å². The van der Waals surface area contributed by atoms with Crippen LogP contribution in [-0.4, -0.2) is 6.54 Å². The van der Waals surface area contributed by atoms with Crippen LogP contribution in [0.5, 0.6) is 0 Å². The second-order valence-electron chi connectivity index (χ2n) is 8.59. The predicted molar refractivity (Wildman–Crippen MR) is 141 cm³/mol. The summed E-state index contributed by atoms with van der Waals surface area (Å²) in [6.45, 7) is 6.30. The van der Waals surface area contributed by atoms with Gasteiger partial charge in [-0.2, -0.15) is 4.57 Å². The van der Waals surface area contributed by atoms with Crippen molar-refractivity contribution in [1.82, 2.24) is 0 Å². The Kier molecular flexibility index (Phi) is 4.73. The molecule has 5 aromatic rings. The van der Waals surface area contributed by atoms with Crippen LogP contribution in [0.3, 0.4) is 0 Å². The largest absolute Gasteiger partial charge is 0.341 e. The molecular weight excluding hydrogens is 400 g/mol. The predicted octanol–water partition coefficient (Wildman–Crippen LogP) is 7.35. The van der Waals surface area contributed by atoms with Crippen molar-refractivity contribution >= 4 is 50.3 Å². The molecule has 0 atom stereocenters. The lowest BCUT2D eigenvalue weighted by molar-refractivity contribution is -0.669. The molecule has 2 heteroatoms. The van der Waals surface area contributed by atoms with Gasteiger partial charge in [-0.1, -0.05) is 60.7 Å². The first-order valence-electron chi connectivity index (χ1n) is 11.8. The number of nitrogens with zero attached hydrogens (tertiary/aromatic N) is 2. The first kappa shape index (κ1) is 19.8. The second-order valence-corrected chi connectivity index (χ2v) is 8.59. The second kappa shape index (κ2) is 7.90. The number of hydrogen-bond donors (Lipinski definition) is 0. The van der Waals surface area contributed by atoms with Gasteiger partial charge >= 0.3 is 0 Å². The number of fused-ring (bicyclic) bond motifs is 6. The molecule has 1 aliphatic heterocycles. The monoisotopic (exact) mass is 427 g/mol. The highest BCUT2D eigenvalue weighted by atomic mass is 15.1. The summed E-state index contributed by atoms with van der Waals surface area (Å²) in [6, 6.07) is 30.8. The molecular formula is C31H27N2+. The highest BCUT2D eigenvalue weighted by molar-refractivity contribution is 6.05. The average molecular weight is 428 g/mol. The third-order valence-electron chi connectivity index (χ3n) is 6.87. The Balaban J connectivity index is 1.52. The molecule has 0 saturated heterocycles. The third kappa shape index (κ3) is 3.14. The molecule has 0 unspecified atom stereocenters. The highest BCUT2D eigenvalue weighted by Crippen LogP contribution is 2.36. The van der Waals surface area contributed by atoms with Gasteiger partial charge in [0, 0.05) is 41.7 Å². The standard InChI is InChI=1S/C31H27N2/c1-3-32-24(15-17-28-26-11-7-5-9-22(26)13-19-30(28)32)21-25-16-18-29-27-12-8-6-10-23(27)14-20-31(29)33(25)4-2/h5-21H,3-4H2,1-2H3/q+1. The van der Waals surface area contributed by atoms with Crippen molar-refractivity contribution in [3.63, 3.8) is 0 Å². The Morgan fingerprint density at radius 2 is 1.42 bits per heavy atom. The van der Waals surface area contributed by atoms with E-state index in [1.807, 2.05) is 0 Å². The fourth-order valence-corrected chi connectivity index (χ4v) is 5.29. The molecule has 160 valence electrons. The van der Waals surface area contributed by atoms with Crippen molar-refractivity contribution in [2.75, 3.05) is 11.4 Å². The summed E-state index contributed by atoms with van der Waals surface area (Å²) in [5.74, 6) is 0. The molecule has 1 aromatic heterocycles. The van der Waals surface area contributed by atoms with Gasteiger partial charge in [0.2, 0.25) is 11.2 Å². The number of likely N-dealkylation sites (N-methyl/N-ethyl adjacent to an activating group) is 1. The Labute approximate surface area is 194 Å². The first-order valence-corrected chi connectivity index (χ1v) is 11.8. The van der Waals surface area contributed by atoms with Crippen molar-refractivity contribution < 1.29 is 4.57 Å². The lowest BCUT2D eigenvalue weighted by atomic mass is 9.98. The van der Waals surface area contributed by atoms with Gasteiger partial charge in [0.05, 0.1) is 5.39 Å². The zero-order valence-corrected chi connectivity index (χ0v) is 19.1. The summed E-state index contributed by atoms with van der Waals surface area (Å²) in [5.41, 5.74) is 6.31. The summed E-state index contributed by atoms with van der Waals surface area (Å²) in [5, 5.41) is 6.50. The number of anilines is 1. The van der Waals surface area contributed by atoms with E-state index in [4.69, 9.17) is 0 Å². The molecule has 0 aliphatic carbocycles. The van der Waals surface area contributed by atoms with E-state index in [1.165, 1.54) is 55.1 Å². The molecule has 0 saturated carbocycles. The van der Waals surface area contributed by atoms with Crippen LogP contribution in [0.15, 0.2) is 96.7 Å². The molecule has 0 N–H and O–H groups in total. The molecule has 0 amide bonds. The molecule has 1 aliphatic rings. The van der Waals surface area contributed by atoms with Crippen molar-refractivity contribution in [2.24, 2.45) is 0 Å². The minimum absolute atomic E-state index is 0.922. The summed E-state index contributed by atoms with van der Waals surface area (Å²) in [4.78, 5) is 2.42. The topological polar surface area (TPSA) is 7.12 Å². The molecule has 0 spiro atoms. The maximum absolute atomic E-state index is 2.42. The normalized spacial score (nSPS) is 14.5. The van der Waals surface area contributed by atoms with Gasteiger partial charge in [0.25, 0.3) is 0 Å². The Hall–Kier alpha value is -3.91. The summed E-state index contributed by atoms with van der Waals surface area (Å²) in [7, 11) is 0. The minimum atomic E-state index is 0.922. The minimum Gasteiger partial charge on any atom is -0.341 e. The van der Waals surface area contributed by atoms with Gasteiger partial charge in [-0.15, -0.1) is 0 Å². The first-order chi connectivity index (χ1) is 16.3. The Morgan fingerprint density at radius 3 is 2.21 bits per heavy atom. The van der Waals surface area contributed by atoms with Crippen LogP contribution in [0.4, 0.5) is 5.69 Å². The van der Waals surface area contributed by atoms with Crippen LogP contribution in [0.1, 0.15) is 25.1 Å². The van der Waals surface area contributed by atoms with E-state index in [1.54, 1.807) is 0 Å². The lowest BCUT2D eigenvalue weighted by Crippen LogP contribution is -2.37. The average Bonchev–Trinajstić information content (AvgIpc) is 2.88. The van der Waals surface area contributed by atoms with E-state index >= 15 is 0 Å². The van der Waals surface area contributed by atoms with Gasteiger partial charge in [-0.25, -0.2) is 0 Å². The molecule has 2 heterocycles. The smallest absolute Gasteiger partial charge is 0.213 e. The van der Waals surface area contributed by atoms with Gasteiger partial charge in [0.15, 0.2) is 0 Å². The van der Waals surface area contributed by atoms with Crippen molar-refractivity contribution in [3.05, 3.63) is 108 Å².